The zero-order valence-corrected chi connectivity index (χ0v) is 18.2. The van der Waals surface area contributed by atoms with Crippen molar-refractivity contribution in [1.82, 2.24) is 4.98 Å². The summed E-state index contributed by atoms with van der Waals surface area (Å²) in [5.74, 6) is 1.91. The average molecular weight is 458 g/mol. The van der Waals surface area contributed by atoms with Gasteiger partial charge in [0.2, 0.25) is 18.6 Å². The van der Waals surface area contributed by atoms with Crippen molar-refractivity contribution in [1.29, 1.82) is 0 Å². The second-order valence-electron chi connectivity index (χ2n) is 6.46. The van der Waals surface area contributed by atoms with E-state index in [1.54, 1.807) is 49.6 Å². The van der Waals surface area contributed by atoms with Gasteiger partial charge in [-0.15, -0.1) is 11.3 Å². The summed E-state index contributed by atoms with van der Waals surface area (Å²) in [5, 5.41) is 7.47. The SMILES string of the molecule is COc1ccc(NC(=O)CSc2nc(CC(=O)Nc3ccc4c(c3)OCO4)cs2)cc1. The second kappa shape index (κ2) is 9.71. The number of ether oxygens (including phenoxy) is 3. The number of aromatic nitrogens is 1. The van der Waals surface area contributed by atoms with Gasteiger partial charge in [0.05, 0.1) is 25.0 Å². The first-order chi connectivity index (χ1) is 15.1. The van der Waals surface area contributed by atoms with E-state index in [2.05, 4.69) is 15.6 Å². The van der Waals surface area contributed by atoms with Gasteiger partial charge in [0.15, 0.2) is 15.8 Å². The van der Waals surface area contributed by atoms with Gasteiger partial charge >= 0.3 is 0 Å². The van der Waals surface area contributed by atoms with Crippen LogP contribution in [0.4, 0.5) is 11.4 Å². The Bertz CT molecular complexity index is 1080. The first-order valence-electron chi connectivity index (χ1n) is 9.29. The molecule has 10 heteroatoms. The third-order valence-corrected chi connectivity index (χ3v) is 6.30. The fraction of sp³-hybridized carbons (Fsp3) is 0.190. The zero-order chi connectivity index (χ0) is 21.6. The fourth-order valence-corrected chi connectivity index (χ4v) is 4.42. The molecular formula is C21H19N3O5S2. The maximum Gasteiger partial charge on any atom is 0.234 e. The van der Waals surface area contributed by atoms with Crippen LogP contribution in [0.5, 0.6) is 17.2 Å². The van der Waals surface area contributed by atoms with E-state index in [-0.39, 0.29) is 30.8 Å². The van der Waals surface area contributed by atoms with E-state index >= 15 is 0 Å². The molecule has 3 aromatic rings. The minimum atomic E-state index is -0.182. The number of fused-ring (bicyclic) bond motifs is 1. The summed E-state index contributed by atoms with van der Waals surface area (Å²) < 4.78 is 16.4. The number of benzene rings is 2. The summed E-state index contributed by atoms with van der Waals surface area (Å²) in [6.07, 6.45) is 0.142. The van der Waals surface area contributed by atoms with Gasteiger partial charge in [-0.05, 0) is 36.4 Å². The van der Waals surface area contributed by atoms with Crippen LogP contribution >= 0.6 is 23.1 Å². The van der Waals surface area contributed by atoms with Crippen LogP contribution in [0.1, 0.15) is 5.69 Å². The summed E-state index contributed by atoms with van der Waals surface area (Å²) in [7, 11) is 1.59. The average Bonchev–Trinajstić information content (AvgIpc) is 3.41. The van der Waals surface area contributed by atoms with Crippen molar-refractivity contribution in [3.05, 3.63) is 53.5 Å². The number of carbonyl (C=O) groups is 2. The normalized spacial score (nSPS) is 11.8. The lowest BCUT2D eigenvalue weighted by Crippen LogP contribution is -2.14. The number of nitrogens with one attached hydrogen (secondary N) is 2. The zero-order valence-electron chi connectivity index (χ0n) is 16.5. The molecule has 0 unspecified atom stereocenters. The number of hydrogen-bond donors (Lipinski definition) is 2. The van der Waals surface area contributed by atoms with Crippen LogP contribution in [-0.2, 0) is 16.0 Å². The topological polar surface area (TPSA) is 98.8 Å². The molecule has 1 aliphatic rings. The Kier molecular flexibility index (Phi) is 6.58. The molecule has 4 rings (SSSR count). The van der Waals surface area contributed by atoms with Crippen molar-refractivity contribution in [2.75, 3.05) is 30.3 Å². The molecule has 0 spiro atoms. The number of hydrogen-bond acceptors (Lipinski definition) is 8. The number of thioether (sulfide) groups is 1. The quantitative estimate of drug-likeness (QED) is 0.497. The summed E-state index contributed by atoms with van der Waals surface area (Å²) in [5.41, 5.74) is 1.99. The Labute approximate surface area is 186 Å². The van der Waals surface area contributed by atoms with E-state index in [9.17, 15) is 9.59 Å². The first-order valence-corrected chi connectivity index (χ1v) is 11.2. The first kappa shape index (κ1) is 21.0. The molecule has 160 valence electrons. The third-order valence-electron chi connectivity index (χ3n) is 4.23. The molecule has 31 heavy (non-hydrogen) atoms. The van der Waals surface area contributed by atoms with Gasteiger partial charge in [-0.3, -0.25) is 9.59 Å². The van der Waals surface area contributed by atoms with Gasteiger partial charge in [0.25, 0.3) is 0 Å². The Morgan fingerprint density at radius 2 is 1.81 bits per heavy atom. The smallest absolute Gasteiger partial charge is 0.234 e. The van der Waals surface area contributed by atoms with Crippen LogP contribution < -0.4 is 24.8 Å². The van der Waals surface area contributed by atoms with Crippen molar-refractivity contribution >= 4 is 46.3 Å². The standard InChI is InChI=1S/C21H19N3O5S2/c1-27-16-5-2-13(3-6-16)22-20(26)11-31-21-24-15(10-30-21)9-19(25)23-14-4-7-17-18(8-14)29-12-28-17/h2-8,10H,9,11-12H2,1H3,(H,22,26)(H,23,25). The highest BCUT2D eigenvalue weighted by molar-refractivity contribution is 8.01. The van der Waals surface area contributed by atoms with Gasteiger partial charge in [-0.1, -0.05) is 11.8 Å². The van der Waals surface area contributed by atoms with Crippen molar-refractivity contribution in [3.8, 4) is 17.2 Å². The maximum absolute atomic E-state index is 12.3. The summed E-state index contributed by atoms with van der Waals surface area (Å²) >= 11 is 2.74. The molecule has 8 nitrogen and oxygen atoms in total. The molecule has 2 N–H and O–H groups in total. The number of anilines is 2. The number of amides is 2. The van der Waals surface area contributed by atoms with Crippen molar-refractivity contribution in [2.45, 2.75) is 10.8 Å². The fourth-order valence-electron chi connectivity index (χ4n) is 2.78. The number of rotatable bonds is 8. The summed E-state index contributed by atoms with van der Waals surface area (Å²) in [6.45, 7) is 0.185. The molecule has 0 saturated heterocycles. The molecule has 0 aliphatic carbocycles. The molecule has 2 heterocycles. The van der Waals surface area contributed by atoms with Crippen LogP contribution in [0, 0.1) is 0 Å². The van der Waals surface area contributed by atoms with Gasteiger partial charge < -0.3 is 24.8 Å². The van der Waals surface area contributed by atoms with E-state index in [0.717, 1.165) is 10.1 Å². The molecular weight excluding hydrogens is 438 g/mol. The lowest BCUT2D eigenvalue weighted by Gasteiger charge is -2.05. The second-order valence-corrected chi connectivity index (χ2v) is 8.54. The predicted octanol–water partition coefficient (Wildman–Crippen LogP) is 3.79. The molecule has 0 atom stereocenters. The van der Waals surface area contributed by atoms with E-state index in [1.807, 2.05) is 5.38 Å². The van der Waals surface area contributed by atoms with Gasteiger partial charge in [-0.25, -0.2) is 4.98 Å². The van der Waals surface area contributed by atoms with E-state index in [4.69, 9.17) is 14.2 Å². The van der Waals surface area contributed by atoms with Crippen LogP contribution in [0.2, 0.25) is 0 Å². The van der Waals surface area contributed by atoms with Crippen LogP contribution in [0.25, 0.3) is 0 Å². The number of thiazole rings is 1. The summed E-state index contributed by atoms with van der Waals surface area (Å²) in [6, 6.07) is 12.4. The van der Waals surface area contributed by atoms with Crippen LogP contribution in [-0.4, -0.2) is 36.5 Å². The third kappa shape index (κ3) is 5.68. The molecule has 0 fully saturated rings. The lowest BCUT2D eigenvalue weighted by atomic mass is 10.2. The van der Waals surface area contributed by atoms with Gasteiger partial charge in [-0.2, -0.15) is 0 Å². The monoisotopic (exact) mass is 457 g/mol. The Balaban J connectivity index is 1.24. The minimum Gasteiger partial charge on any atom is -0.497 e. The highest BCUT2D eigenvalue weighted by Gasteiger charge is 2.15. The molecule has 0 saturated carbocycles. The summed E-state index contributed by atoms with van der Waals surface area (Å²) in [4.78, 5) is 28.9. The van der Waals surface area contributed by atoms with Crippen molar-refractivity contribution < 1.29 is 23.8 Å². The van der Waals surface area contributed by atoms with Gasteiger partial charge in [0.1, 0.15) is 5.75 Å². The predicted molar refractivity (Wildman–Crippen MR) is 119 cm³/mol. The molecule has 1 aromatic heterocycles. The highest BCUT2D eigenvalue weighted by atomic mass is 32.2. The molecule has 2 amide bonds. The molecule has 0 radical (unpaired) electrons. The highest BCUT2D eigenvalue weighted by Crippen LogP contribution is 2.34. The Hall–Kier alpha value is -3.24. The lowest BCUT2D eigenvalue weighted by molar-refractivity contribution is -0.116. The Morgan fingerprint density at radius 3 is 2.61 bits per heavy atom. The number of methoxy groups -OCH3 is 1. The minimum absolute atomic E-state index is 0.132. The van der Waals surface area contributed by atoms with Crippen LogP contribution in [0.15, 0.2) is 52.2 Å². The Morgan fingerprint density at radius 1 is 1.06 bits per heavy atom. The number of nitrogens with zero attached hydrogens (tertiary/aromatic N) is 1. The molecule has 1 aliphatic heterocycles. The van der Waals surface area contributed by atoms with Crippen molar-refractivity contribution in [3.63, 3.8) is 0 Å². The largest absolute Gasteiger partial charge is 0.497 e. The molecule has 0 bridgehead atoms. The van der Waals surface area contributed by atoms with Gasteiger partial charge in [0, 0.05) is 22.8 Å². The van der Waals surface area contributed by atoms with E-state index < -0.39 is 0 Å². The number of carbonyl (C=O) groups excluding carboxylic acids is 2. The van der Waals surface area contributed by atoms with E-state index in [1.165, 1.54) is 23.1 Å². The molecule has 2 aromatic carbocycles. The maximum atomic E-state index is 12.3. The van der Waals surface area contributed by atoms with E-state index in [0.29, 0.717) is 28.6 Å². The van der Waals surface area contributed by atoms with Crippen LogP contribution in [0.3, 0.4) is 0 Å². The van der Waals surface area contributed by atoms with Crippen molar-refractivity contribution in [2.24, 2.45) is 0 Å².